The quantitative estimate of drug-likeness (QED) is 0.188. The first kappa shape index (κ1) is 26.4. The van der Waals surface area contributed by atoms with Crippen molar-refractivity contribution < 1.29 is 18.7 Å². The van der Waals surface area contributed by atoms with Crippen LogP contribution in [0.3, 0.4) is 0 Å². The van der Waals surface area contributed by atoms with Crippen molar-refractivity contribution in [1.82, 2.24) is 0 Å². The molecule has 2 heterocycles. The third-order valence-corrected chi connectivity index (χ3v) is 15.4. The van der Waals surface area contributed by atoms with E-state index in [9.17, 15) is 4.79 Å². The molecule has 6 atom stereocenters. The van der Waals surface area contributed by atoms with Crippen LogP contribution in [0.5, 0.6) is 0 Å². The van der Waals surface area contributed by atoms with Crippen LogP contribution in [-0.2, 0) is 18.7 Å². The lowest BCUT2D eigenvalue weighted by molar-refractivity contribution is -0.170. The fourth-order valence-corrected chi connectivity index (χ4v) is 13.4. The molecule has 2 saturated heterocycles. The Kier molecular flexibility index (Phi) is 6.97. The molecule has 0 unspecified atom stereocenters. The Balaban J connectivity index is 1.48. The van der Waals surface area contributed by atoms with Crippen molar-refractivity contribution in [2.45, 2.75) is 87.1 Å². The molecule has 1 saturated carbocycles. The van der Waals surface area contributed by atoms with Gasteiger partial charge in [-0.25, -0.2) is 4.79 Å². The molecule has 6 heteroatoms. The van der Waals surface area contributed by atoms with Gasteiger partial charge < -0.3 is 13.9 Å². The standard InChI is InChI=1S/C30H39IO4Si/c1-21-19-22(35-30(21)27(32)34-26-25(31)17-12-18-29(26,30)5)20-33-36(28(2,3)4,23-13-8-6-9-14-23)24-15-10-7-11-16-24/h6-11,13-16,21-22,25-26H,12,17-20H2,1-5H3/t21-,22+,25+,26-,29+,30+/m1/s1. The molecule has 0 radical (unpaired) electrons. The third-order valence-electron chi connectivity index (χ3n) is 9.08. The summed E-state index contributed by atoms with van der Waals surface area (Å²) in [4.78, 5) is 13.5. The van der Waals surface area contributed by atoms with Crippen LogP contribution in [0.4, 0.5) is 0 Å². The van der Waals surface area contributed by atoms with Gasteiger partial charge in [-0.1, -0.05) is 124 Å². The van der Waals surface area contributed by atoms with Gasteiger partial charge in [-0.05, 0) is 40.6 Å². The fourth-order valence-electron chi connectivity index (χ4n) is 7.41. The number of benzene rings is 2. The number of hydrogen-bond donors (Lipinski definition) is 0. The SMILES string of the molecule is C[C@@H]1C[C@@H](CO[Si](c2ccccc2)(c2ccccc2)C(C)(C)C)O[C@]12C(=O)O[C@@H]1[C@@H](I)CCC[C@@]12C. The lowest BCUT2D eigenvalue weighted by atomic mass is 9.61. The molecule has 0 amide bonds. The molecule has 3 aliphatic rings. The van der Waals surface area contributed by atoms with Crippen molar-refractivity contribution in [1.29, 1.82) is 0 Å². The molecule has 4 nitrogen and oxygen atoms in total. The number of carbonyl (C=O) groups is 1. The highest BCUT2D eigenvalue weighted by Gasteiger charge is 2.73. The van der Waals surface area contributed by atoms with E-state index < -0.39 is 13.9 Å². The molecule has 0 N–H and O–H groups in total. The zero-order valence-electron chi connectivity index (χ0n) is 22.1. The van der Waals surface area contributed by atoms with Crippen molar-refractivity contribution in [3.05, 3.63) is 60.7 Å². The van der Waals surface area contributed by atoms with E-state index in [1.807, 2.05) is 0 Å². The predicted molar refractivity (Wildman–Crippen MR) is 155 cm³/mol. The van der Waals surface area contributed by atoms with E-state index in [-0.39, 0.29) is 34.5 Å². The largest absolute Gasteiger partial charge is 0.458 e. The summed E-state index contributed by atoms with van der Waals surface area (Å²) in [6.07, 6.45) is 3.77. The van der Waals surface area contributed by atoms with Gasteiger partial charge in [0.2, 0.25) is 0 Å². The second-order valence-electron chi connectivity index (χ2n) is 12.2. The number of alkyl halides is 1. The van der Waals surface area contributed by atoms with E-state index in [1.165, 1.54) is 10.4 Å². The minimum absolute atomic E-state index is 0.0712. The van der Waals surface area contributed by atoms with Crippen LogP contribution in [0.2, 0.25) is 5.04 Å². The van der Waals surface area contributed by atoms with Gasteiger partial charge in [-0.3, -0.25) is 0 Å². The highest BCUT2D eigenvalue weighted by atomic mass is 127. The number of carbonyl (C=O) groups excluding carboxylic acids is 1. The molecule has 3 fully saturated rings. The molecule has 194 valence electrons. The average molecular weight is 619 g/mol. The summed E-state index contributed by atoms with van der Waals surface area (Å²) in [5, 5.41) is 2.42. The highest BCUT2D eigenvalue weighted by molar-refractivity contribution is 14.1. The maximum Gasteiger partial charge on any atom is 0.339 e. The Hall–Kier alpha value is -1.22. The van der Waals surface area contributed by atoms with Crippen LogP contribution < -0.4 is 10.4 Å². The monoisotopic (exact) mass is 618 g/mol. The molecule has 1 aliphatic carbocycles. The molecule has 1 spiro atoms. The Morgan fingerprint density at radius 3 is 2.19 bits per heavy atom. The van der Waals surface area contributed by atoms with Gasteiger partial charge in [0.1, 0.15) is 6.10 Å². The Morgan fingerprint density at radius 1 is 1.06 bits per heavy atom. The predicted octanol–water partition coefficient (Wildman–Crippen LogP) is 5.65. The van der Waals surface area contributed by atoms with Gasteiger partial charge in [0, 0.05) is 9.34 Å². The zero-order chi connectivity index (χ0) is 25.8. The first-order valence-corrected chi connectivity index (χ1v) is 16.5. The van der Waals surface area contributed by atoms with E-state index in [0.717, 1.165) is 25.7 Å². The van der Waals surface area contributed by atoms with Gasteiger partial charge in [-0.2, -0.15) is 0 Å². The number of halogens is 1. The minimum atomic E-state index is -2.67. The summed E-state index contributed by atoms with van der Waals surface area (Å²) in [6, 6.07) is 21.4. The summed E-state index contributed by atoms with van der Waals surface area (Å²) in [7, 11) is -2.67. The third kappa shape index (κ3) is 3.85. The van der Waals surface area contributed by atoms with Crippen LogP contribution in [-0.4, -0.2) is 42.6 Å². The zero-order valence-corrected chi connectivity index (χ0v) is 25.3. The number of hydrogen-bond acceptors (Lipinski definition) is 4. The van der Waals surface area contributed by atoms with Crippen LogP contribution in [0.1, 0.15) is 60.3 Å². The molecule has 2 aromatic rings. The van der Waals surface area contributed by atoms with Gasteiger partial charge >= 0.3 is 5.97 Å². The lowest BCUT2D eigenvalue weighted by Gasteiger charge is -2.45. The normalized spacial score (nSPS) is 34.6. The summed E-state index contributed by atoms with van der Waals surface area (Å²) >= 11 is 2.47. The van der Waals surface area contributed by atoms with E-state index in [4.69, 9.17) is 13.9 Å². The first-order valence-electron chi connectivity index (χ1n) is 13.3. The van der Waals surface area contributed by atoms with Crippen molar-refractivity contribution >= 4 is 47.3 Å². The topological polar surface area (TPSA) is 44.8 Å². The van der Waals surface area contributed by atoms with Crippen LogP contribution in [0.25, 0.3) is 0 Å². The van der Waals surface area contributed by atoms with Gasteiger partial charge in [-0.15, -0.1) is 0 Å². The van der Waals surface area contributed by atoms with Gasteiger partial charge in [0.25, 0.3) is 8.32 Å². The molecule has 0 aromatic heterocycles. The Labute approximate surface area is 230 Å². The van der Waals surface area contributed by atoms with E-state index >= 15 is 0 Å². The van der Waals surface area contributed by atoms with E-state index in [2.05, 4.69) is 118 Å². The molecular formula is C30H39IO4Si. The maximum absolute atomic E-state index is 13.5. The Bertz CT molecular complexity index is 1050. The summed E-state index contributed by atoms with van der Waals surface area (Å²) in [6.45, 7) is 11.8. The molecule has 2 aromatic carbocycles. The number of fused-ring (bicyclic) bond motifs is 2. The molecule has 5 rings (SSSR count). The van der Waals surface area contributed by atoms with Crippen molar-refractivity contribution in [3.63, 3.8) is 0 Å². The van der Waals surface area contributed by atoms with E-state index in [1.54, 1.807) is 0 Å². The minimum Gasteiger partial charge on any atom is -0.458 e. The molecule has 0 bridgehead atoms. The number of rotatable bonds is 5. The molecule has 36 heavy (non-hydrogen) atoms. The van der Waals surface area contributed by atoms with Crippen LogP contribution in [0, 0.1) is 11.3 Å². The number of esters is 1. The summed E-state index contributed by atoms with van der Waals surface area (Å²) in [5.41, 5.74) is -1.17. The summed E-state index contributed by atoms with van der Waals surface area (Å²) < 4.78 is 20.5. The van der Waals surface area contributed by atoms with Crippen LogP contribution >= 0.6 is 22.6 Å². The highest BCUT2D eigenvalue weighted by Crippen LogP contribution is 2.61. The first-order chi connectivity index (χ1) is 17.1. The maximum atomic E-state index is 13.5. The van der Waals surface area contributed by atoms with E-state index in [0.29, 0.717) is 10.5 Å². The smallest absolute Gasteiger partial charge is 0.339 e. The van der Waals surface area contributed by atoms with Crippen molar-refractivity contribution in [2.24, 2.45) is 11.3 Å². The fraction of sp³-hybridized carbons (Fsp3) is 0.567. The average Bonchev–Trinajstić information content (AvgIpc) is 3.31. The van der Waals surface area contributed by atoms with Crippen LogP contribution in [0.15, 0.2) is 60.7 Å². The lowest BCUT2D eigenvalue weighted by Crippen LogP contribution is -2.67. The van der Waals surface area contributed by atoms with Crippen molar-refractivity contribution in [3.8, 4) is 0 Å². The number of ether oxygens (including phenoxy) is 2. The second kappa shape index (κ2) is 9.51. The molecule has 2 aliphatic heterocycles. The van der Waals surface area contributed by atoms with Gasteiger partial charge in [0.15, 0.2) is 5.60 Å². The summed E-state index contributed by atoms with van der Waals surface area (Å²) in [5.74, 6) is -0.0616. The Morgan fingerprint density at radius 2 is 1.64 bits per heavy atom. The van der Waals surface area contributed by atoms with Gasteiger partial charge in [0.05, 0.1) is 12.7 Å². The second-order valence-corrected chi connectivity index (χ2v) is 18.1. The van der Waals surface area contributed by atoms with Crippen molar-refractivity contribution in [2.75, 3.05) is 6.61 Å². The molecular weight excluding hydrogens is 579 g/mol.